The van der Waals surface area contributed by atoms with E-state index in [9.17, 15) is 9.18 Å². The van der Waals surface area contributed by atoms with Gasteiger partial charge in [-0.25, -0.2) is 4.39 Å². The second-order valence-corrected chi connectivity index (χ2v) is 6.12. The Morgan fingerprint density at radius 2 is 2.22 bits per heavy atom. The van der Waals surface area contributed by atoms with Gasteiger partial charge >= 0.3 is 0 Å². The highest BCUT2D eigenvalue weighted by atomic mass is 19.1. The molecule has 1 aliphatic rings. The van der Waals surface area contributed by atoms with E-state index in [-0.39, 0.29) is 17.8 Å². The van der Waals surface area contributed by atoms with E-state index in [1.165, 1.54) is 6.07 Å². The number of hydrogen-bond donors (Lipinski definition) is 1. The smallest absolute Gasteiger partial charge is 0.243 e. The van der Waals surface area contributed by atoms with Crippen molar-refractivity contribution in [2.75, 3.05) is 26.2 Å². The fraction of sp³-hybridized carbons (Fsp3) is 0.500. The van der Waals surface area contributed by atoms with Crippen molar-refractivity contribution in [2.24, 2.45) is 0 Å². The fourth-order valence-electron chi connectivity index (χ4n) is 2.64. The van der Waals surface area contributed by atoms with Crippen molar-refractivity contribution >= 4 is 5.91 Å². The van der Waals surface area contributed by atoms with Gasteiger partial charge in [0.2, 0.25) is 5.91 Å². The van der Waals surface area contributed by atoms with E-state index in [1.807, 2.05) is 26.0 Å². The highest BCUT2D eigenvalue weighted by Crippen LogP contribution is 2.14. The van der Waals surface area contributed by atoms with Crippen LogP contribution in [0.3, 0.4) is 0 Å². The van der Waals surface area contributed by atoms with Gasteiger partial charge in [0, 0.05) is 37.8 Å². The maximum atomic E-state index is 13.7. The maximum Gasteiger partial charge on any atom is 0.243 e. The van der Waals surface area contributed by atoms with Crippen LogP contribution in [0.25, 0.3) is 0 Å². The molecule has 1 atom stereocenters. The quantitative estimate of drug-likeness (QED) is 0.819. The largest absolute Gasteiger partial charge is 0.375 e. The Labute approximate surface area is 137 Å². The van der Waals surface area contributed by atoms with Gasteiger partial charge in [0.05, 0.1) is 12.7 Å². The summed E-state index contributed by atoms with van der Waals surface area (Å²) in [6, 6.07) is 6.87. The first-order valence-corrected chi connectivity index (χ1v) is 8.04. The zero-order valence-corrected chi connectivity index (χ0v) is 13.8. The van der Waals surface area contributed by atoms with Crippen LogP contribution in [0.4, 0.5) is 4.39 Å². The van der Waals surface area contributed by atoms with Crippen LogP contribution in [0.5, 0.6) is 0 Å². The van der Waals surface area contributed by atoms with E-state index in [2.05, 4.69) is 10.2 Å². The minimum absolute atomic E-state index is 0.0657. The first-order valence-electron chi connectivity index (χ1n) is 8.04. The van der Waals surface area contributed by atoms with Crippen molar-refractivity contribution in [1.29, 1.82) is 0 Å². The molecule has 1 fully saturated rings. The Morgan fingerprint density at radius 3 is 2.96 bits per heavy atom. The third-order valence-electron chi connectivity index (χ3n) is 3.76. The Morgan fingerprint density at radius 1 is 1.43 bits per heavy atom. The number of rotatable bonds is 6. The molecule has 0 aliphatic carbocycles. The Bertz CT molecular complexity index is 556. The standard InChI is InChI=1S/C18H25FN2O2/c1-14(2)11-18(22)20-8-7-16-13-21(9-10-23-16)12-15-5-3-4-6-17(15)19/h3-6,11,16H,7-10,12-13H2,1-2H3,(H,20,22). The first kappa shape index (κ1) is 17.6. The molecule has 0 saturated carbocycles. The summed E-state index contributed by atoms with van der Waals surface area (Å²) in [6.45, 7) is 7.16. The average Bonchev–Trinajstić information content (AvgIpc) is 2.49. The highest BCUT2D eigenvalue weighted by molar-refractivity contribution is 5.87. The highest BCUT2D eigenvalue weighted by Gasteiger charge is 2.21. The Kier molecular flexibility index (Phi) is 6.74. The normalized spacial score (nSPS) is 18.5. The summed E-state index contributed by atoms with van der Waals surface area (Å²) in [7, 11) is 0. The number of benzene rings is 1. The lowest BCUT2D eigenvalue weighted by Gasteiger charge is -2.33. The van der Waals surface area contributed by atoms with Crippen molar-refractivity contribution in [3.63, 3.8) is 0 Å². The van der Waals surface area contributed by atoms with Gasteiger partial charge in [-0.05, 0) is 26.3 Å². The molecule has 0 radical (unpaired) electrons. The molecule has 23 heavy (non-hydrogen) atoms. The van der Waals surface area contributed by atoms with E-state index in [4.69, 9.17) is 4.74 Å². The summed E-state index contributed by atoms with van der Waals surface area (Å²) in [5.74, 6) is -0.228. The molecule has 126 valence electrons. The number of nitrogens with zero attached hydrogens (tertiary/aromatic N) is 1. The summed E-state index contributed by atoms with van der Waals surface area (Å²) in [6.07, 6.45) is 2.42. The predicted octanol–water partition coefficient (Wildman–Crippen LogP) is 2.50. The molecule has 1 amide bonds. The zero-order valence-electron chi connectivity index (χ0n) is 13.8. The number of amides is 1. The molecule has 5 heteroatoms. The fourth-order valence-corrected chi connectivity index (χ4v) is 2.64. The number of hydrogen-bond acceptors (Lipinski definition) is 3. The molecule has 1 unspecified atom stereocenters. The Hall–Kier alpha value is -1.72. The number of carbonyl (C=O) groups excluding carboxylic acids is 1. The van der Waals surface area contributed by atoms with Crippen LogP contribution in [0.1, 0.15) is 25.8 Å². The minimum atomic E-state index is -0.162. The lowest BCUT2D eigenvalue weighted by Crippen LogP contribution is -2.43. The second-order valence-electron chi connectivity index (χ2n) is 6.12. The molecule has 1 heterocycles. The number of nitrogens with one attached hydrogen (secondary N) is 1. The summed E-state index contributed by atoms with van der Waals surface area (Å²) in [4.78, 5) is 13.8. The lowest BCUT2D eigenvalue weighted by molar-refractivity contribution is -0.116. The summed E-state index contributed by atoms with van der Waals surface area (Å²) in [5.41, 5.74) is 1.69. The van der Waals surface area contributed by atoms with Gasteiger partial charge < -0.3 is 10.1 Å². The molecule has 0 bridgehead atoms. The van der Waals surface area contributed by atoms with Crippen molar-refractivity contribution in [2.45, 2.75) is 32.9 Å². The van der Waals surface area contributed by atoms with E-state index < -0.39 is 0 Å². The van der Waals surface area contributed by atoms with Gasteiger partial charge in [0.1, 0.15) is 5.82 Å². The van der Waals surface area contributed by atoms with Crippen molar-refractivity contribution in [3.05, 3.63) is 47.3 Å². The van der Waals surface area contributed by atoms with Gasteiger partial charge in [-0.15, -0.1) is 0 Å². The first-order chi connectivity index (χ1) is 11.0. The second kappa shape index (κ2) is 8.79. The zero-order chi connectivity index (χ0) is 16.7. The Balaban J connectivity index is 1.76. The van der Waals surface area contributed by atoms with E-state index in [0.717, 1.165) is 25.1 Å². The number of carbonyl (C=O) groups is 1. The molecule has 1 saturated heterocycles. The van der Waals surface area contributed by atoms with Gasteiger partial charge in [-0.1, -0.05) is 23.8 Å². The molecular formula is C18H25FN2O2. The number of ether oxygens (including phenoxy) is 1. The molecule has 1 aromatic carbocycles. The maximum absolute atomic E-state index is 13.7. The van der Waals surface area contributed by atoms with Crippen molar-refractivity contribution in [1.82, 2.24) is 10.2 Å². The summed E-state index contributed by atoms with van der Waals surface area (Å²) in [5, 5.41) is 2.86. The number of allylic oxidation sites excluding steroid dienone is 1. The van der Waals surface area contributed by atoms with Gasteiger partial charge in [0.15, 0.2) is 0 Å². The third kappa shape index (κ3) is 6.12. The lowest BCUT2D eigenvalue weighted by atomic mass is 10.1. The van der Waals surface area contributed by atoms with Crippen LogP contribution in [0, 0.1) is 5.82 Å². The van der Waals surface area contributed by atoms with Gasteiger partial charge in [-0.3, -0.25) is 9.69 Å². The van der Waals surface area contributed by atoms with E-state index >= 15 is 0 Å². The van der Waals surface area contributed by atoms with Crippen molar-refractivity contribution < 1.29 is 13.9 Å². The molecule has 4 nitrogen and oxygen atoms in total. The topological polar surface area (TPSA) is 41.6 Å². The van der Waals surface area contributed by atoms with E-state index in [1.54, 1.807) is 12.1 Å². The van der Waals surface area contributed by atoms with Crippen LogP contribution >= 0.6 is 0 Å². The molecule has 0 aromatic heterocycles. The molecule has 1 aliphatic heterocycles. The molecule has 0 spiro atoms. The predicted molar refractivity (Wildman–Crippen MR) is 88.5 cm³/mol. The van der Waals surface area contributed by atoms with Crippen LogP contribution in [0.15, 0.2) is 35.9 Å². The molecule has 1 N–H and O–H groups in total. The molecular weight excluding hydrogens is 295 g/mol. The number of halogens is 1. The molecule has 1 aromatic rings. The monoisotopic (exact) mass is 320 g/mol. The van der Waals surface area contributed by atoms with Crippen LogP contribution < -0.4 is 5.32 Å². The third-order valence-corrected chi connectivity index (χ3v) is 3.76. The van der Waals surface area contributed by atoms with Crippen LogP contribution in [-0.4, -0.2) is 43.2 Å². The van der Waals surface area contributed by atoms with Crippen molar-refractivity contribution in [3.8, 4) is 0 Å². The molecule has 2 rings (SSSR count). The number of morpholine rings is 1. The van der Waals surface area contributed by atoms with E-state index in [0.29, 0.717) is 25.3 Å². The summed E-state index contributed by atoms with van der Waals surface area (Å²) < 4.78 is 19.5. The van der Waals surface area contributed by atoms with Crippen LogP contribution in [-0.2, 0) is 16.1 Å². The van der Waals surface area contributed by atoms with Gasteiger partial charge in [0.25, 0.3) is 0 Å². The average molecular weight is 320 g/mol. The SMILES string of the molecule is CC(C)=CC(=O)NCCC1CN(Cc2ccccc2F)CCO1. The van der Waals surface area contributed by atoms with Gasteiger partial charge in [-0.2, -0.15) is 0 Å². The van der Waals surface area contributed by atoms with Crippen LogP contribution in [0.2, 0.25) is 0 Å². The summed E-state index contributed by atoms with van der Waals surface area (Å²) >= 11 is 0. The minimum Gasteiger partial charge on any atom is -0.375 e.